The van der Waals surface area contributed by atoms with Crippen molar-refractivity contribution >= 4 is 17.6 Å². The minimum atomic E-state index is -0.600. The number of carbonyl (C=O) groups is 2. The highest BCUT2D eigenvalue weighted by Crippen LogP contribution is 2.19. The van der Waals surface area contributed by atoms with Crippen LogP contribution in [0.5, 0.6) is 0 Å². The minimum Gasteiger partial charge on any atom is -0.465 e. The number of nitrogens with zero attached hydrogens (tertiary/aromatic N) is 1. The summed E-state index contributed by atoms with van der Waals surface area (Å²) in [5.74, 6) is -1.34. The predicted octanol–water partition coefficient (Wildman–Crippen LogP) is 3.17. The number of carbonyl (C=O) groups excluding carboxylic acids is 2. The number of ether oxygens (including phenoxy) is 1. The van der Waals surface area contributed by atoms with Gasteiger partial charge in [-0.2, -0.15) is 0 Å². The van der Waals surface area contributed by atoms with Crippen molar-refractivity contribution in [2.75, 3.05) is 12.0 Å². The topological polar surface area (TPSA) is 46.6 Å². The monoisotopic (exact) mass is 301 g/mol. The van der Waals surface area contributed by atoms with Gasteiger partial charge in [0, 0.05) is 18.2 Å². The van der Waals surface area contributed by atoms with E-state index in [1.165, 1.54) is 31.1 Å². The van der Waals surface area contributed by atoms with Gasteiger partial charge in [0.15, 0.2) is 0 Å². The van der Waals surface area contributed by atoms with Crippen molar-refractivity contribution in [1.82, 2.24) is 0 Å². The Morgan fingerprint density at radius 3 is 2.36 bits per heavy atom. The van der Waals surface area contributed by atoms with Gasteiger partial charge in [-0.25, -0.2) is 9.18 Å². The summed E-state index contributed by atoms with van der Waals surface area (Å²) in [6.45, 7) is 1.51. The van der Waals surface area contributed by atoms with Crippen molar-refractivity contribution in [2.45, 2.75) is 13.5 Å². The number of halogens is 1. The zero-order valence-corrected chi connectivity index (χ0v) is 12.4. The normalized spacial score (nSPS) is 10.1. The lowest BCUT2D eigenvalue weighted by Crippen LogP contribution is -2.28. The first-order chi connectivity index (χ1) is 10.5. The third kappa shape index (κ3) is 3.49. The van der Waals surface area contributed by atoms with Gasteiger partial charge < -0.3 is 9.64 Å². The highest BCUT2D eigenvalue weighted by Gasteiger charge is 2.16. The first-order valence-corrected chi connectivity index (χ1v) is 6.73. The molecule has 0 aliphatic carbocycles. The van der Waals surface area contributed by atoms with Crippen LogP contribution in [0.3, 0.4) is 0 Å². The Bertz CT molecular complexity index is 686. The van der Waals surface area contributed by atoms with Crippen molar-refractivity contribution in [1.29, 1.82) is 0 Å². The van der Waals surface area contributed by atoms with Crippen LogP contribution in [0.4, 0.5) is 10.1 Å². The maximum atomic E-state index is 14.1. The minimum absolute atomic E-state index is 0.0899. The van der Waals surface area contributed by atoms with Gasteiger partial charge in [-0.1, -0.05) is 24.3 Å². The van der Waals surface area contributed by atoms with Gasteiger partial charge in [0.1, 0.15) is 5.82 Å². The fourth-order valence-electron chi connectivity index (χ4n) is 2.08. The molecule has 0 radical (unpaired) electrons. The average molecular weight is 301 g/mol. The molecule has 22 heavy (non-hydrogen) atoms. The zero-order valence-electron chi connectivity index (χ0n) is 12.4. The van der Waals surface area contributed by atoms with Gasteiger partial charge in [0.25, 0.3) is 0 Å². The van der Waals surface area contributed by atoms with Crippen LogP contribution in [0, 0.1) is 5.82 Å². The molecule has 0 aromatic heterocycles. The number of benzene rings is 2. The molecule has 0 bridgehead atoms. The lowest BCUT2D eigenvalue weighted by Gasteiger charge is -2.21. The summed E-state index contributed by atoms with van der Waals surface area (Å²) in [4.78, 5) is 24.7. The average Bonchev–Trinajstić information content (AvgIpc) is 2.53. The molecule has 1 amide bonds. The van der Waals surface area contributed by atoms with E-state index >= 15 is 0 Å². The number of anilines is 1. The predicted molar refractivity (Wildman–Crippen MR) is 81.0 cm³/mol. The molecule has 2 aromatic carbocycles. The van der Waals surface area contributed by atoms with Crippen LogP contribution in [-0.4, -0.2) is 19.0 Å². The molecule has 4 nitrogen and oxygen atoms in total. The standard InChI is InChI=1S/C17H16FNO3/c1-12(20)19(15-6-4-3-5-7-15)11-14-9-8-13(10-16(14)18)17(21)22-2/h3-10H,11H2,1-2H3. The maximum Gasteiger partial charge on any atom is 0.337 e. The van der Waals surface area contributed by atoms with E-state index in [0.29, 0.717) is 11.3 Å². The molecule has 0 N–H and O–H groups in total. The van der Waals surface area contributed by atoms with Crippen LogP contribution in [0.25, 0.3) is 0 Å². The summed E-state index contributed by atoms with van der Waals surface area (Å²) < 4.78 is 18.7. The molecule has 0 fully saturated rings. The molecule has 114 valence electrons. The van der Waals surface area contributed by atoms with Gasteiger partial charge in [0.05, 0.1) is 19.2 Å². The van der Waals surface area contributed by atoms with E-state index in [4.69, 9.17) is 0 Å². The molecule has 0 unspecified atom stereocenters. The SMILES string of the molecule is COC(=O)c1ccc(CN(C(C)=O)c2ccccc2)c(F)c1. The van der Waals surface area contributed by atoms with Crippen molar-refractivity contribution in [3.63, 3.8) is 0 Å². The smallest absolute Gasteiger partial charge is 0.337 e. The Kier molecular flexibility index (Phi) is 4.88. The summed E-state index contributed by atoms with van der Waals surface area (Å²) >= 11 is 0. The quantitative estimate of drug-likeness (QED) is 0.815. The van der Waals surface area contributed by atoms with Crippen LogP contribution in [-0.2, 0) is 16.1 Å². The second-order valence-corrected chi connectivity index (χ2v) is 4.74. The Balaban J connectivity index is 2.28. The lowest BCUT2D eigenvalue weighted by molar-refractivity contribution is -0.116. The van der Waals surface area contributed by atoms with Crippen LogP contribution in [0.1, 0.15) is 22.8 Å². The molecule has 0 saturated carbocycles. The fourth-order valence-corrected chi connectivity index (χ4v) is 2.08. The molecule has 0 aliphatic rings. The van der Waals surface area contributed by atoms with Gasteiger partial charge in [-0.15, -0.1) is 0 Å². The molecule has 2 rings (SSSR count). The molecule has 0 spiro atoms. The maximum absolute atomic E-state index is 14.1. The van der Waals surface area contributed by atoms with Crippen LogP contribution >= 0.6 is 0 Å². The number of para-hydroxylation sites is 1. The van der Waals surface area contributed by atoms with Crippen molar-refractivity contribution < 1.29 is 18.7 Å². The first kappa shape index (κ1) is 15.7. The second kappa shape index (κ2) is 6.85. The zero-order chi connectivity index (χ0) is 16.1. The third-order valence-electron chi connectivity index (χ3n) is 3.25. The number of methoxy groups -OCH3 is 1. The van der Waals surface area contributed by atoms with E-state index < -0.39 is 11.8 Å². The number of hydrogen-bond acceptors (Lipinski definition) is 3. The van der Waals surface area contributed by atoms with Crippen LogP contribution in [0.2, 0.25) is 0 Å². The summed E-state index contributed by atoms with van der Waals surface area (Å²) in [7, 11) is 1.24. The molecule has 0 atom stereocenters. The van der Waals surface area contributed by atoms with Crippen molar-refractivity contribution in [3.8, 4) is 0 Å². The molecule has 0 aliphatic heterocycles. The molecule has 0 heterocycles. The van der Waals surface area contributed by atoms with Gasteiger partial charge in [-0.05, 0) is 24.3 Å². The van der Waals surface area contributed by atoms with Crippen LogP contribution in [0.15, 0.2) is 48.5 Å². The third-order valence-corrected chi connectivity index (χ3v) is 3.25. The molecule has 0 saturated heterocycles. The summed E-state index contributed by atoms with van der Waals surface area (Å²) in [6, 6.07) is 13.1. The first-order valence-electron chi connectivity index (χ1n) is 6.73. The summed E-state index contributed by atoms with van der Waals surface area (Å²) in [5, 5.41) is 0. The van der Waals surface area contributed by atoms with Crippen molar-refractivity contribution in [2.24, 2.45) is 0 Å². The highest BCUT2D eigenvalue weighted by atomic mass is 19.1. The number of esters is 1. The lowest BCUT2D eigenvalue weighted by atomic mass is 10.1. The van der Waals surface area contributed by atoms with E-state index in [0.717, 1.165) is 6.07 Å². The number of rotatable bonds is 4. The van der Waals surface area contributed by atoms with E-state index in [-0.39, 0.29) is 18.0 Å². The Morgan fingerprint density at radius 1 is 1.14 bits per heavy atom. The second-order valence-electron chi connectivity index (χ2n) is 4.74. The highest BCUT2D eigenvalue weighted by molar-refractivity contribution is 5.91. The molecular formula is C17H16FNO3. The fraction of sp³-hybridized carbons (Fsp3) is 0.176. The largest absolute Gasteiger partial charge is 0.465 e. The van der Waals surface area contributed by atoms with E-state index in [1.807, 2.05) is 18.2 Å². The van der Waals surface area contributed by atoms with E-state index in [9.17, 15) is 14.0 Å². The Labute approximate surface area is 128 Å². The van der Waals surface area contributed by atoms with E-state index in [2.05, 4.69) is 4.74 Å². The van der Waals surface area contributed by atoms with E-state index in [1.54, 1.807) is 12.1 Å². The summed E-state index contributed by atoms with van der Waals surface area (Å²) in [6.07, 6.45) is 0. The number of hydrogen-bond donors (Lipinski definition) is 0. The van der Waals surface area contributed by atoms with Gasteiger partial charge in [0.2, 0.25) is 5.91 Å². The Morgan fingerprint density at radius 2 is 1.82 bits per heavy atom. The van der Waals surface area contributed by atoms with Crippen LogP contribution < -0.4 is 4.90 Å². The van der Waals surface area contributed by atoms with Gasteiger partial charge in [-0.3, -0.25) is 4.79 Å². The molecular weight excluding hydrogens is 285 g/mol. The number of amides is 1. The van der Waals surface area contributed by atoms with Crippen molar-refractivity contribution in [3.05, 3.63) is 65.5 Å². The van der Waals surface area contributed by atoms with Gasteiger partial charge >= 0.3 is 5.97 Å². The summed E-state index contributed by atoms with van der Waals surface area (Å²) in [5.41, 5.74) is 1.15. The molecule has 5 heteroatoms. The Hall–Kier alpha value is -2.69. The molecule has 2 aromatic rings.